The Morgan fingerprint density at radius 1 is 1.38 bits per heavy atom. The number of carboxylic acids is 1. The van der Waals surface area contributed by atoms with E-state index >= 15 is 0 Å². The molecule has 0 aromatic heterocycles. The summed E-state index contributed by atoms with van der Waals surface area (Å²) in [5, 5.41) is 8.77. The van der Waals surface area contributed by atoms with E-state index in [9.17, 15) is 14.4 Å². The lowest BCUT2D eigenvalue weighted by molar-refractivity contribution is -0.143. The predicted molar refractivity (Wildman–Crippen MR) is 72.8 cm³/mol. The molecule has 8 heteroatoms. The smallest absolute Gasteiger partial charge is 0.325 e. The number of carboxylic acid groups (broad SMARTS) is 1. The Morgan fingerprint density at radius 3 is 2.67 bits per heavy atom. The van der Waals surface area contributed by atoms with Gasteiger partial charge in [-0.05, 0) is 13.8 Å². The van der Waals surface area contributed by atoms with Crippen molar-refractivity contribution in [2.45, 2.75) is 26.4 Å². The first-order chi connectivity index (χ1) is 9.97. The third kappa shape index (κ3) is 5.58. The van der Waals surface area contributed by atoms with Gasteiger partial charge in [-0.2, -0.15) is 0 Å². The van der Waals surface area contributed by atoms with Crippen LogP contribution in [0.15, 0.2) is 0 Å². The molecular weight excluding hydrogens is 280 g/mol. The average Bonchev–Trinajstić information content (AvgIpc) is 2.44. The van der Waals surface area contributed by atoms with Crippen LogP contribution in [0.1, 0.15) is 20.3 Å². The minimum absolute atomic E-state index is 0.107. The first-order valence-electron chi connectivity index (χ1n) is 7.00. The number of hydrogen-bond donors (Lipinski definition) is 1. The summed E-state index contributed by atoms with van der Waals surface area (Å²) in [6, 6.07) is -0.302. The van der Waals surface area contributed by atoms with Crippen LogP contribution >= 0.6 is 0 Å². The van der Waals surface area contributed by atoms with E-state index in [0.29, 0.717) is 19.7 Å². The van der Waals surface area contributed by atoms with Gasteiger partial charge in [0, 0.05) is 19.6 Å². The van der Waals surface area contributed by atoms with Crippen LogP contribution in [-0.2, 0) is 19.1 Å². The topological polar surface area (TPSA) is 96.4 Å². The number of rotatable bonds is 6. The second-order valence-electron chi connectivity index (χ2n) is 4.64. The fourth-order valence-corrected chi connectivity index (χ4v) is 2.09. The van der Waals surface area contributed by atoms with Crippen molar-refractivity contribution in [3.05, 3.63) is 0 Å². The number of urea groups is 1. The summed E-state index contributed by atoms with van der Waals surface area (Å²) in [4.78, 5) is 37.4. The van der Waals surface area contributed by atoms with Crippen LogP contribution in [0.3, 0.4) is 0 Å². The van der Waals surface area contributed by atoms with Crippen molar-refractivity contribution in [2.75, 3.05) is 39.4 Å². The van der Waals surface area contributed by atoms with Crippen molar-refractivity contribution in [2.24, 2.45) is 0 Å². The molecule has 120 valence electrons. The molecule has 1 rings (SSSR count). The number of esters is 1. The zero-order valence-corrected chi connectivity index (χ0v) is 12.4. The number of carbonyl (C=O) groups excluding carboxylic acids is 2. The van der Waals surface area contributed by atoms with Crippen molar-refractivity contribution in [1.29, 1.82) is 0 Å². The van der Waals surface area contributed by atoms with Gasteiger partial charge in [-0.15, -0.1) is 0 Å². The maximum atomic E-state index is 12.3. The monoisotopic (exact) mass is 302 g/mol. The standard InChI is InChI=1S/C13H22N2O6/c1-3-14(9-12(18)20-4-2)13(19)15-5-6-21-10(8-15)7-11(16)17/h10H,3-9H2,1-2H3,(H,16,17). The molecule has 1 heterocycles. The zero-order valence-electron chi connectivity index (χ0n) is 12.4. The predicted octanol–water partition coefficient (Wildman–Crippen LogP) is 0.167. The van der Waals surface area contributed by atoms with Crippen LogP contribution in [-0.4, -0.2) is 78.4 Å². The normalized spacial score (nSPS) is 18.2. The van der Waals surface area contributed by atoms with Gasteiger partial charge < -0.3 is 24.4 Å². The molecule has 1 atom stereocenters. The van der Waals surface area contributed by atoms with Gasteiger partial charge in [0.2, 0.25) is 0 Å². The van der Waals surface area contributed by atoms with Gasteiger partial charge >= 0.3 is 18.0 Å². The fraction of sp³-hybridized carbons (Fsp3) is 0.769. The lowest BCUT2D eigenvalue weighted by atomic mass is 10.2. The third-order valence-corrected chi connectivity index (χ3v) is 3.09. The van der Waals surface area contributed by atoms with Gasteiger partial charge in [0.15, 0.2) is 0 Å². The fourth-order valence-electron chi connectivity index (χ4n) is 2.09. The molecule has 2 amide bonds. The number of nitrogens with zero attached hydrogens (tertiary/aromatic N) is 2. The molecular formula is C13H22N2O6. The van der Waals surface area contributed by atoms with E-state index in [2.05, 4.69) is 0 Å². The third-order valence-electron chi connectivity index (χ3n) is 3.09. The Morgan fingerprint density at radius 2 is 2.10 bits per heavy atom. The Balaban J connectivity index is 2.58. The van der Waals surface area contributed by atoms with E-state index in [1.165, 1.54) is 9.80 Å². The molecule has 8 nitrogen and oxygen atoms in total. The minimum Gasteiger partial charge on any atom is -0.481 e. The Kier molecular flexibility index (Phi) is 6.93. The molecule has 1 aliphatic rings. The molecule has 0 saturated carbocycles. The van der Waals surface area contributed by atoms with Crippen molar-refractivity contribution in [1.82, 2.24) is 9.80 Å². The highest BCUT2D eigenvalue weighted by atomic mass is 16.5. The maximum absolute atomic E-state index is 12.3. The summed E-state index contributed by atoms with van der Waals surface area (Å²) >= 11 is 0. The second-order valence-corrected chi connectivity index (χ2v) is 4.64. The first-order valence-corrected chi connectivity index (χ1v) is 7.00. The number of ether oxygens (including phenoxy) is 2. The molecule has 0 aromatic rings. The number of amides is 2. The van der Waals surface area contributed by atoms with Crippen molar-refractivity contribution in [3.63, 3.8) is 0 Å². The summed E-state index contributed by atoms with van der Waals surface area (Å²) in [5.41, 5.74) is 0. The Labute approximate surface area is 123 Å². The van der Waals surface area contributed by atoms with E-state index in [0.717, 1.165) is 0 Å². The number of morpholine rings is 1. The first kappa shape index (κ1) is 17.2. The van der Waals surface area contributed by atoms with Crippen LogP contribution in [0.5, 0.6) is 0 Å². The number of hydrogen-bond acceptors (Lipinski definition) is 5. The summed E-state index contributed by atoms with van der Waals surface area (Å²) in [6.45, 7) is 4.89. The van der Waals surface area contributed by atoms with Crippen molar-refractivity contribution >= 4 is 18.0 Å². The van der Waals surface area contributed by atoms with E-state index < -0.39 is 18.0 Å². The van der Waals surface area contributed by atoms with Gasteiger partial charge in [-0.1, -0.05) is 0 Å². The van der Waals surface area contributed by atoms with Gasteiger partial charge in [-0.25, -0.2) is 4.79 Å². The van der Waals surface area contributed by atoms with Crippen LogP contribution in [0, 0.1) is 0 Å². The molecule has 21 heavy (non-hydrogen) atoms. The summed E-state index contributed by atoms with van der Waals surface area (Å²) in [6.07, 6.45) is -0.658. The Hall–Kier alpha value is -1.83. The van der Waals surface area contributed by atoms with Crippen LogP contribution < -0.4 is 0 Å². The molecule has 0 spiro atoms. The maximum Gasteiger partial charge on any atom is 0.325 e. The molecule has 0 aromatic carbocycles. The molecule has 0 aliphatic carbocycles. The summed E-state index contributed by atoms with van der Waals surface area (Å²) < 4.78 is 10.1. The van der Waals surface area contributed by atoms with Gasteiger partial charge in [0.1, 0.15) is 6.54 Å². The van der Waals surface area contributed by atoms with E-state index in [1.807, 2.05) is 0 Å². The Bertz CT molecular complexity index is 387. The molecule has 1 fully saturated rings. The molecule has 1 saturated heterocycles. The quantitative estimate of drug-likeness (QED) is 0.702. The minimum atomic E-state index is -0.965. The lowest BCUT2D eigenvalue weighted by Crippen LogP contribution is -2.52. The SMILES string of the molecule is CCOC(=O)CN(CC)C(=O)N1CCOC(CC(=O)O)C1. The number of likely N-dealkylation sites (N-methyl/N-ethyl adjacent to an activating group) is 1. The highest BCUT2D eigenvalue weighted by molar-refractivity contribution is 5.81. The van der Waals surface area contributed by atoms with Crippen molar-refractivity contribution in [3.8, 4) is 0 Å². The molecule has 1 aliphatic heterocycles. The molecule has 0 bridgehead atoms. The highest BCUT2D eigenvalue weighted by Crippen LogP contribution is 2.11. The summed E-state index contributed by atoms with van der Waals surface area (Å²) in [5.74, 6) is -1.42. The van der Waals surface area contributed by atoms with Crippen LogP contribution in [0.25, 0.3) is 0 Å². The van der Waals surface area contributed by atoms with E-state index in [4.69, 9.17) is 14.6 Å². The molecule has 1 N–H and O–H groups in total. The average molecular weight is 302 g/mol. The second kappa shape index (κ2) is 8.46. The largest absolute Gasteiger partial charge is 0.481 e. The molecule has 1 unspecified atom stereocenters. The van der Waals surface area contributed by atoms with E-state index in [-0.39, 0.29) is 32.1 Å². The number of carbonyl (C=O) groups is 3. The number of aliphatic carboxylic acids is 1. The molecule has 0 radical (unpaired) electrons. The van der Waals surface area contributed by atoms with Gasteiger partial charge in [-0.3, -0.25) is 9.59 Å². The lowest BCUT2D eigenvalue weighted by Gasteiger charge is -2.35. The van der Waals surface area contributed by atoms with E-state index in [1.54, 1.807) is 13.8 Å². The van der Waals surface area contributed by atoms with Crippen molar-refractivity contribution < 1.29 is 29.0 Å². The van der Waals surface area contributed by atoms with Crippen LogP contribution in [0.2, 0.25) is 0 Å². The van der Waals surface area contributed by atoms with Crippen LogP contribution in [0.4, 0.5) is 4.79 Å². The van der Waals surface area contributed by atoms with Gasteiger partial charge in [0.25, 0.3) is 0 Å². The zero-order chi connectivity index (χ0) is 15.8. The highest BCUT2D eigenvalue weighted by Gasteiger charge is 2.29. The summed E-state index contributed by atoms with van der Waals surface area (Å²) in [7, 11) is 0. The van der Waals surface area contributed by atoms with Gasteiger partial charge in [0.05, 0.1) is 25.7 Å².